The van der Waals surface area contributed by atoms with Gasteiger partial charge in [0.05, 0.1) is 5.69 Å². The Bertz CT molecular complexity index is 861. The first kappa shape index (κ1) is 17.7. The molecule has 1 heterocycles. The quantitative estimate of drug-likeness (QED) is 0.840. The number of carbonyl (C=O) groups is 3. The number of hydrogen-bond acceptors (Lipinski definition) is 4. The Morgan fingerprint density at radius 1 is 1.27 bits per heavy atom. The molecule has 0 saturated carbocycles. The lowest BCUT2D eigenvalue weighted by atomic mass is 10.0. The van der Waals surface area contributed by atoms with Crippen LogP contribution in [0.3, 0.4) is 0 Å². The molecule has 134 valence electrons. The molecule has 0 fully saturated rings. The highest BCUT2D eigenvalue weighted by molar-refractivity contribution is 6.05. The summed E-state index contributed by atoms with van der Waals surface area (Å²) in [7, 11) is 0. The number of fused-ring (bicyclic) bond motifs is 1. The summed E-state index contributed by atoms with van der Waals surface area (Å²) in [6.45, 7) is 3.81. The standard InChI is InChI=1S/C20H20N2O4/c1-13(2)15-5-3-4-6-16(15)21-19(24)10-22-17-9-14(11-23)7-8-18(17)26-12-20(22)25/h3-9,11,13H,10,12H2,1-2H3,(H,21,24). The first-order chi connectivity index (χ1) is 12.5. The van der Waals surface area contributed by atoms with Crippen LogP contribution in [-0.4, -0.2) is 31.3 Å². The van der Waals surface area contributed by atoms with E-state index < -0.39 is 0 Å². The Morgan fingerprint density at radius 2 is 2.04 bits per heavy atom. The van der Waals surface area contributed by atoms with Crippen LogP contribution in [0, 0.1) is 0 Å². The normalized spacial score (nSPS) is 13.2. The fourth-order valence-electron chi connectivity index (χ4n) is 2.91. The molecule has 0 radical (unpaired) electrons. The minimum Gasteiger partial charge on any atom is -0.482 e. The van der Waals surface area contributed by atoms with E-state index in [1.807, 2.05) is 38.1 Å². The van der Waals surface area contributed by atoms with Crippen molar-refractivity contribution in [3.8, 4) is 5.75 Å². The van der Waals surface area contributed by atoms with Gasteiger partial charge in [-0.15, -0.1) is 0 Å². The molecule has 1 aliphatic heterocycles. The molecule has 0 aliphatic carbocycles. The summed E-state index contributed by atoms with van der Waals surface area (Å²) in [5.74, 6) is 0.0987. The van der Waals surface area contributed by atoms with Crippen LogP contribution in [0.4, 0.5) is 11.4 Å². The summed E-state index contributed by atoms with van der Waals surface area (Å²) >= 11 is 0. The molecule has 3 rings (SSSR count). The van der Waals surface area contributed by atoms with Gasteiger partial charge in [-0.3, -0.25) is 19.3 Å². The highest BCUT2D eigenvalue weighted by Crippen LogP contribution is 2.32. The van der Waals surface area contributed by atoms with Crippen molar-refractivity contribution in [1.82, 2.24) is 0 Å². The van der Waals surface area contributed by atoms with Gasteiger partial charge in [0.1, 0.15) is 18.6 Å². The number of benzene rings is 2. The van der Waals surface area contributed by atoms with E-state index in [4.69, 9.17) is 4.74 Å². The monoisotopic (exact) mass is 352 g/mol. The Balaban J connectivity index is 1.82. The molecule has 6 heteroatoms. The molecule has 26 heavy (non-hydrogen) atoms. The number of hydrogen-bond donors (Lipinski definition) is 1. The maximum Gasteiger partial charge on any atom is 0.265 e. The summed E-state index contributed by atoms with van der Waals surface area (Å²) in [5.41, 5.74) is 2.60. The van der Waals surface area contributed by atoms with Crippen LogP contribution in [0.15, 0.2) is 42.5 Å². The number of rotatable bonds is 5. The van der Waals surface area contributed by atoms with Gasteiger partial charge in [0, 0.05) is 11.3 Å². The fourth-order valence-corrected chi connectivity index (χ4v) is 2.91. The van der Waals surface area contributed by atoms with Crippen LogP contribution in [0.1, 0.15) is 35.7 Å². The van der Waals surface area contributed by atoms with Crippen molar-refractivity contribution >= 4 is 29.5 Å². The molecule has 0 spiro atoms. The molecule has 1 N–H and O–H groups in total. The van der Waals surface area contributed by atoms with Crippen molar-refractivity contribution in [2.24, 2.45) is 0 Å². The fraction of sp³-hybridized carbons (Fsp3) is 0.250. The third-order valence-electron chi connectivity index (χ3n) is 4.22. The van der Waals surface area contributed by atoms with E-state index in [9.17, 15) is 14.4 Å². The Kier molecular flexibility index (Phi) is 5.02. The maximum atomic E-state index is 12.5. The predicted octanol–water partition coefficient (Wildman–Crippen LogP) is 2.99. The molecule has 2 aromatic carbocycles. The second-order valence-corrected chi connectivity index (χ2v) is 6.40. The molecule has 0 unspecified atom stereocenters. The molecule has 1 aliphatic rings. The van der Waals surface area contributed by atoms with Gasteiger partial charge in [0.25, 0.3) is 5.91 Å². The predicted molar refractivity (Wildman–Crippen MR) is 98.8 cm³/mol. The molecule has 2 aromatic rings. The number of carbonyl (C=O) groups excluding carboxylic acids is 3. The summed E-state index contributed by atoms with van der Waals surface area (Å²) in [6.07, 6.45) is 0.691. The van der Waals surface area contributed by atoms with Crippen LogP contribution in [0.2, 0.25) is 0 Å². The molecule has 2 amide bonds. The van der Waals surface area contributed by atoms with Crippen LogP contribution >= 0.6 is 0 Å². The van der Waals surface area contributed by atoms with E-state index in [0.29, 0.717) is 23.3 Å². The Hall–Kier alpha value is -3.15. The number of para-hydroxylation sites is 1. The zero-order valence-electron chi connectivity index (χ0n) is 14.7. The van der Waals surface area contributed by atoms with Crippen molar-refractivity contribution in [3.63, 3.8) is 0 Å². The highest BCUT2D eigenvalue weighted by atomic mass is 16.5. The first-order valence-corrected chi connectivity index (χ1v) is 8.40. The number of nitrogens with zero attached hydrogens (tertiary/aromatic N) is 1. The second-order valence-electron chi connectivity index (χ2n) is 6.40. The van der Waals surface area contributed by atoms with Crippen molar-refractivity contribution in [3.05, 3.63) is 53.6 Å². The van der Waals surface area contributed by atoms with E-state index in [0.717, 1.165) is 11.3 Å². The average molecular weight is 352 g/mol. The second kappa shape index (κ2) is 7.39. The lowest BCUT2D eigenvalue weighted by Crippen LogP contribution is -2.43. The zero-order valence-corrected chi connectivity index (χ0v) is 14.7. The number of amides is 2. The zero-order chi connectivity index (χ0) is 18.7. The molecule has 0 saturated heterocycles. The van der Waals surface area contributed by atoms with Crippen LogP contribution in [0.5, 0.6) is 5.75 Å². The third kappa shape index (κ3) is 3.59. The molecule has 6 nitrogen and oxygen atoms in total. The lowest BCUT2D eigenvalue weighted by Gasteiger charge is -2.29. The largest absolute Gasteiger partial charge is 0.482 e. The molecular formula is C20H20N2O4. The van der Waals surface area contributed by atoms with Gasteiger partial charge in [0.2, 0.25) is 5.91 Å². The van der Waals surface area contributed by atoms with Crippen molar-refractivity contribution in [2.45, 2.75) is 19.8 Å². The van der Waals surface area contributed by atoms with E-state index in [1.54, 1.807) is 18.2 Å². The van der Waals surface area contributed by atoms with Gasteiger partial charge >= 0.3 is 0 Å². The molecule has 0 atom stereocenters. The summed E-state index contributed by atoms with van der Waals surface area (Å²) < 4.78 is 5.38. The van der Waals surface area contributed by atoms with Gasteiger partial charge in [-0.05, 0) is 35.7 Å². The Morgan fingerprint density at radius 3 is 2.77 bits per heavy atom. The maximum absolute atomic E-state index is 12.5. The van der Waals surface area contributed by atoms with Gasteiger partial charge < -0.3 is 10.1 Å². The van der Waals surface area contributed by atoms with Gasteiger partial charge in [-0.25, -0.2) is 0 Å². The average Bonchev–Trinajstić information content (AvgIpc) is 2.64. The Labute approximate surface area is 151 Å². The van der Waals surface area contributed by atoms with E-state index in [2.05, 4.69) is 5.32 Å². The summed E-state index contributed by atoms with van der Waals surface area (Å²) in [6, 6.07) is 12.4. The SMILES string of the molecule is CC(C)c1ccccc1NC(=O)CN1C(=O)COc2ccc(C=O)cc21. The van der Waals surface area contributed by atoms with Gasteiger partial charge in [-0.2, -0.15) is 0 Å². The van der Waals surface area contributed by atoms with Crippen molar-refractivity contribution in [2.75, 3.05) is 23.4 Å². The van der Waals surface area contributed by atoms with E-state index in [1.165, 1.54) is 4.90 Å². The van der Waals surface area contributed by atoms with Crippen LogP contribution in [0.25, 0.3) is 0 Å². The topological polar surface area (TPSA) is 75.7 Å². The minimum atomic E-state index is -0.326. The first-order valence-electron chi connectivity index (χ1n) is 8.40. The third-order valence-corrected chi connectivity index (χ3v) is 4.22. The van der Waals surface area contributed by atoms with Crippen molar-refractivity contribution < 1.29 is 19.1 Å². The molecule has 0 bridgehead atoms. The van der Waals surface area contributed by atoms with Crippen LogP contribution in [-0.2, 0) is 9.59 Å². The lowest BCUT2D eigenvalue weighted by molar-refractivity contribution is -0.123. The van der Waals surface area contributed by atoms with E-state index in [-0.39, 0.29) is 30.9 Å². The van der Waals surface area contributed by atoms with Gasteiger partial charge in [0.15, 0.2) is 6.61 Å². The molecular weight excluding hydrogens is 332 g/mol. The van der Waals surface area contributed by atoms with Crippen molar-refractivity contribution in [1.29, 1.82) is 0 Å². The smallest absolute Gasteiger partial charge is 0.265 e. The number of nitrogens with one attached hydrogen (secondary N) is 1. The highest BCUT2D eigenvalue weighted by Gasteiger charge is 2.27. The number of aldehydes is 1. The summed E-state index contributed by atoms with van der Waals surface area (Å²) in [4.78, 5) is 37.2. The minimum absolute atomic E-state index is 0.136. The number of ether oxygens (including phenoxy) is 1. The number of anilines is 2. The molecule has 0 aromatic heterocycles. The summed E-state index contributed by atoms with van der Waals surface area (Å²) in [5, 5.41) is 2.88. The van der Waals surface area contributed by atoms with E-state index >= 15 is 0 Å². The van der Waals surface area contributed by atoms with Crippen LogP contribution < -0.4 is 15.0 Å². The van der Waals surface area contributed by atoms with Gasteiger partial charge in [-0.1, -0.05) is 32.0 Å².